The summed E-state index contributed by atoms with van der Waals surface area (Å²) in [6, 6.07) is 11.6. The van der Waals surface area contributed by atoms with E-state index in [-0.39, 0.29) is 12.5 Å². The van der Waals surface area contributed by atoms with Crippen molar-refractivity contribution in [2.75, 3.05) is 23.8 Å². The molecule has 0 unspecified atom stereocenters. The molecular weight excluding hydrogens is 426 g/mol. The summed E-state index contributed by atoms with van der Waals surface area (Å²) in [7, 11) is 0. The van der Waals surface area contributed by atoms with Gasteiger partial charge in [0.25, 0.3) is 0 Å². The van der Waals surface area contributed by atoms with Gasteiger partial charge in [0.2, 0.25) is 11.9 Å². The first kappa shape index (κ1) is 20.5. The molecule has 0 saturated heterocycles. The predicted molar refractivity (Wildman–Crippen MR) is 123 cm³/mol. The molecule has 1 amide bonds. The molecule has 0 bridgehead atoms. The Labute approximate surface area is 189 Å². The lowest BCUT2D eigenvalue weighted by atomic mass is 10.3. The molecule has 9 nitrogen and oxygen atoms in total. The van der Waals surface area contributed by atoms with E-state index in [1.807, 2.05) is 53.9 Å². The molecule has 0 radical (unpaired) electrons. The van der Waals surface area contributed by atoms with E-state index in [1.54, 1.807) is 6.20 Å². The summed E-state index contributed by atoms with van der Waals surface area (Å²) >= 11 is 1.52. The van der Waals surface area contributed by atoms with Gasteiger partial charge in [0, 0.05) is 53.3 Å². The Balaban J connectivity index is 1.31. The van der Waals surface area contributed by atoms with Gasteiger partial charge in [0.1, 0.15) is 17.3 Å². The highest BCUT2D eigenvalue weighted by Gasteiger charge is 2.25. The Kier molecular flexibility index (Phi) is 5.78. The summed E-state index contributed by atoms with van der Waals surface area (Å²) in [5.74, 6) is 1.82. The van der Waals surface area contributed by atoms with E-state index in [0.717, 1.165) is 32.8 Å². The molecule has 1 saturated carbocycles. The largest absolute Gasteiger partial charge is 0.372 e. The van der Waals surface area contributed by atoms with Gasteiger partial charge in [-0.05, 0) is 44.0 Å². The summed E-state index contributed by atoms with van der Waals surface area (Å²) in [6.07, 6.45) is 6.05. The number of aromatic nitrogens is 5. The van der Waals surface area contributed by atoms with E-state index in [2.05, 4.69) is 25.8 Å². The smallest absolute Gasteiger partial charge is 0.250 e. The van der Waals surface area contributed by atoms with Crippen LogP contribution in [0.25, 0.3) is 5.65 Å². The zero-order valence-electron chi connectivity index (χ0n) is 17.5. The van der Waals surface area contributed by atoms with Crippen LogP contribution in [0.5, 0.6) is 0 Å². The van der Waals surface area contributed by atoms with Crippen molar-refractivity contribution in [1.29, 1.82) is 0 Å². The van der Waals surface area contributed by atoms with Gasteiger partial charge in [0.15, 0.2) is 5.82 Å². The fourth-order valence-electron chi connectivity index (χ4n) is 3.28. The standard InChI is InChI=1S/C22H23N7O2S/c1-2-31-13-20(30)24-15-5-7-16(8-6-15)32-21-12-19-23-9-10-29(19)22(26-21)25-18-11-17(27-28-18)14-3-4-14/h5-12,14H,2-4,13H2,1H3,(H,24,30)(H2,25,26,27,28). The number of nitrogens with zero attached hydrogens (tertiary/aromatic N) is 4. The number of anilines is 3. The van der Waals surface area contributed by atoms with Gasteiger partial charge in [-0.2, -0.15) is 5.10 Å². The fraction of sp³-hybridized carbons (Fsp3) is 0.273. The number of carbonyl (C=O) groups is 1. The minimum absolute atomic E-state index is 0.0508. The molecule has 3 aromatic heterocycles. The second-order valence-corrected chi connectivity index (χ2v) is 8.59. The first-order valence-electron chi connectivity index (χ1n) is 10.5. The van der Waals surface area contributed by atoms with Crippen molar-refractivity contribution in [2.45, 2.75) is 35.6 Å². The van der Waals surface area contributed by atoms with Crippen LogP contribution in [0.2, 0.25) is 0 Å². The number of imidazole rings is 1. The lowest BCUT2D eigenvalue weighted by Crippen LogP contribution is -2.18. The lowest BCUT2D eigenvalue weighted by Gasteiger charge is -2.09. The van der Waals surface area contributed by atoms with E-state index in [0.29, 0.717) is 18.5 Å². The quantitative estimate of drug-likeness (QED) is 0.329. The van der Waals surface area contributed by atoms with Gasteiger partial charge in [-0.15, -0.1) is 0 Å². The molecule has 3 N–H and O–H groups in total. The van der Waals surface area contributed by atoms with Gasteiger partial charge >= 0.3 is 0 Å². The molecule has 164 valence electrons. The lowest BCUT2D eigenvalue weighted by molar-refractivity contribution is -0.120. The third kappa shape index (κ3) is 4.76. The summed E-state index contributed by atoms with van der Waals surface area (Å²) < 4.78 is 7.02. The number of hydrogen-bond donors (Lipinski definition) is 3. The Morgan fingerprint density at radius 1 is 1.28 bits per heavy atom. The fourth-order valence-corrected chi connectivity index (χ4v) is 4.09. The van der Waals surface area contributed by atoms with Crippen LogP contribution >= 0.6 is 11.8 Å². The van der Waals surface area contributed by atoms with Crippen LogP contribution < -0.4 is 10.6 Å². The van der Waals surface area contributed by atoms with Crippen molar-refractivity contribution in [3.05, 3.63) is 54.5 Å². The molecular formula is C22H23N7O2S. The van der Waals surface area contributed by atoms with Crippen molar-refractivity contribution in [3.63, 3.8) is 0 Å². The van der Waals surface area contributed by atoms with Crippen molar-refractivity contribution in [2.24, 2.45) is 0 Å². The third-order valence-corrected chi connectivity index (χ3v) is 5.94. The maximum Gasteiger partial charge on any atom is 0.250 e. The zero-order chi connectivity index (χ0) is 21.9. The van der Waals surface area contributed by atoms with Crippen LogP contribution in [0.15, 0.2) is 58.7 Å². The molecule has 1 fully saturated rings. The monoisotopic (exact) mass is 449 g/mol. The second kappa shape index (κ2) is 9.01. The average molecular weight is 450 g/mol. The van der Waals surface area contributed by atoms with Crippen LogP contribution in [-0.2, 0) is 9.53 Å². The van der Waals surface area contributed by atoms with Gasteiger partial charge < -0.3 is 15.4 Å². The molecule has 1 aliphatic rings. The van der Waals surface area contributed by atoms with E-state index in [1.165, 1.54) is 24.6 Å². The van der Waals surface area contributed by atoms with Crippen LogP contribution in [0.1, 0.15) is 31.4 Å². The van der Waals surface area contributed by atoms with Crippen LogP contribution in [0, 0.1) is 0 Å². The van der Waals surface area contributed by atoms with Crippen LogP contribution in [0.3, 0.4) is 0 Å². The minimum Gasteiger partial charge on any atom is -0.372 e. The van der Waals surface area contributed by atoms with E-state index in [4.69, 9.17) is 9.72 Å². The summed E-state index contributed by atoms with van der Waals surface area (Å²) in [4.78, 5) is 22.0. The summed E-state index contributed by atoms with van der Waals surface area (Å²) in [5.41, 5.74) is 2.68. The number of amides is 1. The number of ether oxygens (including phenoxy) is 1. The number of aromatic amines is 1. The Morgan fingerprint density at radius 3 is 2.91 bits per heavy atom. The van der Waals surface area contributed by atoms with Gasteiger partial charge in [-0.25, -0.2) is 9.97 Å². The van der Waals surface area contributed by atoms with Crippen molar-refractivity contribution < 1.29 is 9.53 Å². The van der Waals surface area contributed by atoms with Crippen molar-refractivity contribution >= 4 is 40.8 Å². The molecule has 0 aliphatic heterocycles. The number of benzene rings is 1. The van der Waals surface area contributed by atoms with E-state index in [9.17, 15) is 4.79 Å². The first-order chi connectivity index (χ1) is 15.7. The third-order valence-electron chi connectivity index (χ3n) is 5.02. The topological polar surface area (TPSA) is 109 Å². The molecule has 32 heavy (non-hydrogen) atoms. The number of rotatable bonds is 9. The zero-order valence-corrected chi connectivity index (χ0v) is 18.4. The molecule has 3 heterocycles. The van der Waals surface area contributed by atoms with Gasteiger partial charge in [0.05, 0.1) is 0 Å². The number of fused-ring (bicyclic) bond motifs is 1. The highest BCUT2D eigenvalue weighted by Crippen LogP contribution is 2.39. The number of carbonyl (C=O) groups excluding carboxylic acids is 1. The number of hydrogen-bond acceptors (Lipinski definition) is 7. The predicted octanol–water partition coefficient (Wildman–Crippen LogP) is 4.20. The van der Waals surface area contributed by atoms with Gasteiger partial charge in [-0.3, -0.25) is 14.3 Å². The molecule has 0 atom stereocenters. The second-order valence-electron chi connectivity index (χ2n) is 7.49. The Hall–Kier alpha value is -3.37. The Bertz CT molecular complexity index is 1230. The number of H-pyrrole nitrogens is 1. The normalized spacial score (nSPS) is 13.4. The molecule has 0 spiro atoms. The summed E-state index contributed by atoms with van der Waals surface area (Å²) in [6.45, 7) is 2.42. The first-order valence-corrected chi connectivity index (χ1v) is 11.3. The maximum absolute atomic E-state index is 11.8. The van der Waals surface area contributed by atoms with Crippen molar-refractivity contribution in [1.82, 2.24) is 24.6 Å². The van der Waals surface area contributed by atoms with Gasteiger partial charge in [-0.1, -0.05) is 11.8 Å². The SMILES string of the molecule is CCOCC(=O)Nc1ccc(Sc2cc3nccn3c(Nc3cc(C4CC4)[nH]n3)n2)cc1. The maximum atomic E-state index is 11.8. The molecule has 1 aromatic carbocycles. The van der Waals surface area contributed by atoms with E-state index < -0.39 is 0 Å². The highest BCUT2D eigenvalue weighted by molar-refractivity contribution is 7.99. The molecule has 5 rings (SSSR count). The van der Waals surface area contributed by atoms with E-state index >= 15 is 0 Å². The van der Waals surface area contributed by atoms with Crippen LogP contribution in [0.4, 0.5) is 17.5 Å². The highest BCUT2D eigenvalue weighted by atomic mass is 32.2. The van der Waals surface area contributed by atoms with Crippen LogP contribution in [-0.4, -0.2) is 43.7 Å². The average Bonchev–Trinajstić information content (AvgIpc) is 3.34. The molecule has 4 aromatic rings. The van der Waals surface area contributed by atoms with Crippen molar-refractivity contribution in [3.8, 4) is 0 Å². The molecule has 10 heteroatoms. The Morgan fingerprint density at radius 2 is 2.12 bits per heavy atom. The number of nitrogens with one attached hydrogen (secondary N) is 3. The minimum atomic E-state index is -0.169. The molecule has 1 aliphatic carbocycles. The summed E-state index contributed by atoms with van der Waals surface area (Å²) in [5, 5.41) is 14.4.